The smallest absolute Gasteiger partial charge is 0.165 e. The van der Waals surface area contributed by atoms with Gasteiger partial charge in [-0.15, -0.1) is 5.10 Å². The third-order valence-corrected chi connectivity index (χ3v) is 2.48. The molecule has 0 amide bonds. The molecule has 0 aliphatic carbocycles. The molecule has 1 aromatic heterocycles. The fraction of sp³-hybridized carbons (Fsp3) is 0.111. The molecule has 0 saturated heterocycles. The van der Waals surface area contributed by atoms with Crippen molar-refractivity contribution in [3.8, 4) is 5.75 Å². The van der Waals surface area contributed by atoms with Gasteiger partial charge in [0, 0.05) is 0 Å². The molecule has 0 aliphatic rings. The Kier molecular flexibility index (Phi) is 2.77. The van der Waals surface area contributed by atoms with Crippen LogP contribution in [-0.2, 0) is 6.61 Å². The average Bonchev–Trinajstić information content (AvgIpc) is 2.63. The zero-order valence-corrected chi connectivity index (χ0v) is 8.50. The SMILES string of the molecule is Nc1nnsc1COc1ccc(F)cc1. The Morgan fingerprint density at radius 3 is 2.67 bits per heavy atom. The molecule has 2 rings (SSSR count). The molecule has 6 heteroatoms. The van der Waals surface area contributed by atoms with Crippen molar-refractivity contribution in [3.05, 3.63) is 35.0 Å². The number of rotatable bonds is 3. The molecule has 0 unspecified atom stereocenters. The predicted octanol–water partition coefficient (Wildman–Crippen LogP) is 1.84. The van der Waals surface area contributed by atoms with Crippen LogP contribution in [0, 0.1) is 5.82 Å². The van der Waals surface area contributed by atoms with E-state index in [0.29, 0.717) is 18.2 Å². The largest absolute Gasteiger partial charge is 0.488 e. The van der Waals surface area contributed by atoms with Gasteiger partial charge in [0.15, 0.2) is 5.82 Å². The summed E-state index contributed by atoms with van der Waals surface area (Å²) in [4.78, 5) is 0.763. The second kappa shape index (κ2) is 4.22. The van der Waals surface area contributed by atoms with Crippen LogP contribution in [0.1, 0.15) is 4.88 Å². The van der Waals surface area contributed by atoms with Crippen LogP contribution in [0.25, 0.3) is 0 Å². The number of hydrogen-bond acceptors (Lipinski definition) is 5. The Hall–Kier alpha value is -1.69. The van der Waals surface area contributed by atoms with Gasteiger partial charge in [0.05, 0.1) is 0 Å². The maximum atomic E-state index is 12.6. The van der Waals surface area contributed by atoms with Crippen molar-refractivity contribution < 1.29 is 9.13 Å². The van der Waals surface area contributed by atoms with Crippen LogP contribution in [0.4, 0.5) is 10.2 Å². The molecule has 0 fully saturated rings. The molecule has 0 aliphatic heterocycles. The van der Waals surface area contributed by atoms with E-state index in [-0.39, 0.29) is 5.82 Å². The van der Waals surface area contributed by atoms with Gasteiger partial charge >= 0.3 is 0 Å². The highest BCUT2D eigenvalue weighted by atomic mass is 32.1. The summed E-state index contributed by atoms with van der Waals surface area (Å²) in [5.41, 5.74) is 5.53. The Bertz CT molecular complexity index is 443. The number of nitrogen functional groups attached to an aromatic ring is 1. The van der Waals surface area contributed by atoms with Crippen LogP contribution in [0.2, 0.25) is 0 Å². The van der Waals surface area contributed by atoms with E-state index >= 15 is 0 Å². The Morgan fingerprint density at radius 2 is 2.07 bits per heavy atom. The minimum atomic E-state index is -0.290. The number of aromatic nitrogens is 2. The van der Waals surface area contributed by atoms with Gasteiger partial charge in [-0.25, -0.2) is 4.39 Å². The van der Waals surface area contributed by atoms with E-state index in [1.807, 2.05) is 0 Å². The minimum Gasteiger partial charge on any atom is -0.488 e. The van der Waals surface area contributed by atoms with Crippen molar-refractivity contribution in [3.63, 3.8) is 0 Å². The summed E-state index contributed by atoms with van der Waals surface area (Å²) in [5.74, 6) is 0.674. The molecule has 2 aromatic rings. The summed E-state index contributed by atoms with van der Waals surface area (Å²) in [7, 11) is 0. The van der Waals surface area contributed by atoms with E-state index in [1.165, 1.54) is 23.7 Å². The summed E-state index contributed by atoms with van der Waals surface area (Å²) >= 11 is 1.19. The summed E-state index contributed by atoms with van der Waals surface area (Å²) in [6.07, 6.45) is 0. The van der Waals surface area contributed by atoms with Crippen LogP contribution >= 0.6 is 11.5 Å². The normalized spacial score (nSPS) is 10.2. The second-order valence-corrected chi connectivity index (χ2v) is 3.66. The molecule has 15 heavy (non-hydrogen) atoms. The highest BCUT2D eigenvalue weighted by molar-refractivity contribution is 7.05. The number of nitrogens with zero attached hydrogens (tertiary/aromatic N) is 2. The monoisotopic (exact) mass is 225 g/mol. The number of ether oxygens (including phenoxy) is 1. The second-order valence-electron chi connectivity index (χ2n) is 2.82. The molecule has 0 atom stereocenters. The first-order valence-electron chi connectivity index (χ1n) is 4.21. The zero-order valence-electron chi connectivity index (χ0n) is 7.68. The van der Waals surface area contributed by atoms with Crippen LogP contribution in [-0.4, -0.2) is 9.59 Å². The average molecular weight is 225 g/mol. The summed E-state index contributed by atoms with van der Waals surface area (Å²) in [5, 5.41) is 3.65. The molecule has 0 saturated carbocycles. The number of anilines is 1. The van der Waals surface area contributed by atoms with Crippen molar-refractivity contribution >= 4 is 17.4 Å². The van der Waals surface area contributed by atoms with Crippen LogP contribution < -0.4 is 10.5 Å². The third-order valence-electron chi connectivity index (χ3n) is 1.77. The lowest BCUT2D eigenvalue weighted by Crippen LogP contribution is -1.97. The maximum absolute atomic E-state index is 12.6. The van der Waals surface area contributed by atoms with Crippen molar-refractivity contribution in [2.24, 2.45) is 0 Å². The lowest BCUT2D eigenvalue weighted by atomic mass is 10.3. The van der Waals surface area contributed by atoms with Crippen LogP contribution in [0.3, 0.4) is 0 Å². The molecule has 1 heterocycles. The van der Waals surface area contributed by atoms with E-state index < -0.39 is 0 Å². The molecule has 0 bridgehead atoms. The topological polar surface area (TPSA) is 61.0 Å². The lowest BCUT2D eigenvalue weighted by molar-refractivity contribution is 0.309. The summed E-state index contributed by atoms with van der Waals surface area (Å²) in [6, 6.07) is 5.78. The van der Waals surface area contributed by atoms with Gasteiger partial charge in [0.25, 0.3) is 0 Å². The molecular weight excluding hydrogens is 217 g/mol. The van der Waals surface area contributed by atoms with Crippen molar-refractivity contribution in [2.45, 2.75) is 6.61 Å². The van der Waals surface area contributed by atoms with E-state index in [1.54, 1.807) is 12.1 Å². The fourth-order valence-corrected chi connectivity index (χ4v) is 1.47. The van der Waals surface area contributed by atoms with Crippen molar-refractivity contribution in [2.75, 3.05) is 5.73 Å². The summed E-state index contributed by atoms with van der Waals surface area (Å²) < 4.78 is 21.6. The standard InChI is InChI=1S/C9H8FN3OS/c10-6-1-3-7(4-2-6)14-5-8-9(11)12-13-15-8/h1-4H,5,11H2. The summed E-state index contributed by atoms with van der Waals surface area (Å²) in [6.45, 7) is 0.301. The predicted molar refractivity (Wildman–Crippen MR) is 55.1 cm³/mol. The molecule has 2 N–H and O–H groups in total. The Balaban J connectivity index is 1.99. The van der Waals surface area contributed by atoms with Crippen molar-refractivity contribution in [1.29, 1.82) is 0 Å². The quantitative estimate of drug-likeness (QED) is 0.865. The maximum Gasteiger partial charge on any atom is 0.165 e. The van der Waals surface area contributed by atoms with Gasteiger partial charge in [-0.05, 0) is 35.8 Å². The molecule has 0 spiro atoms. The number of halogens is 1. The van der Waals surface area contributed by atoms with Gasteiger partial charge in [-0.2, -0.15) is 0 Å². The lowest BCUT2D eigenvalue weighted by Gasteiger charge is -2.03. The Labute approximate surface area is 89.7 Å². The third kappa shape index (κ3) is 2.41. The molecule has 1 aromatic carbocycles. The van der Waals surface area contributed by atoms with E-state index in [9.17, 15) is 4.39 Å². The van der Waals surface area contributed by atoms with Gasteiger partial charge in [0.1, 0.15) is 23.1 Å². The minimum absolute atomic E-state index is 0.290. The molecule has 0 radical (unpaired) electrons. The van der Waals surface area contributed by atoms with Gasteiger partial charge in [0.2, 0.25) is 0 Å². The highest BCUT2D eigenvalue weighted by Crippen LogP contribution is 2.17. The van der Waals surface area contributed by atoms with E-state index in [0.717, 1.165) is 4.88 Å². The van der Waals surface area contributed by atoms with Gasteiger partial charge in [-0.1, -0.05) is 4.49 Å². The molecular formula is C9H8FN3OS. The van der Waals surface area contributed by atoms with Gasteiger partial charge in [-0.3, -0.25) is 0 Å². The first-order chi connectivity index (χ1) is 7.25. The number of hydrogen-bond donors (Lipinski definition) is 1. The fourth-order valence-electron chi connectivity index (χ4n) is 0.996. The molecule has 4 nitrogen and oxygen atoms in total. The highest BCUT2D eigenvalue weighted by Gasteiger charge is 2.04. The first kappa shape index (κ1) is 9.85. The number of nitrogens with two attached hydrogens (primary N) is 1. The van der Waals surface area contributed by atoms with E-state index in [4.69, 9.17) is 10.5 Å². The van der Waals surface area contributed by atoms with Gasteiger partial charge < -0.3 is 10.5 Å². The van der Waals surface area contributed by atoms with Crippen molar-refractivity contribution in [1.82, 2.24) is 9.59 Å². The van der Waals surface area contributed by atoms with Crippen LogP contribution in [0.5, 0.6) is 5.75 Å². The molecule has 78 valence electrons. The Morgan fingerprint density at radius 1 is 1.33 bits per heavy atom. The van der Waals surface area contributed by atoms with Crippen LogP contribution in [0.15, 0.2) is 24.3 Å². The number of benzene rings is 1. The first-order valence-corrected chi connectivity index (χ1v) is 4.98. The van der Waals surface area contributed by atoms with E-state index in [2.05, 4.69) is 9.59 Å². The zero-order chi connectivity index (χ0) is 10.7.